The van der Waals surface area contributed by atoms with Gasteiger partial charge < -0.3 is 25.8 Å². The van der Waals surface area contributed by atoms with E-state index in [1.807, 2.05) is 57.2 Å². The predicted molar refractivity (Wildman–Crippen MR) is 165 cm³/mol. The lowest BCUT2D eigenvalue weighted by Gasteiger charge is -2.22. The molecule has 2 atom stereocenters. The van der Waals surface area contributed by atoms with Crippen molar-refractivity contribution in [2.24, 2.45) is 0 Å². The Morgan fingerprint density at radius 1 is 1.09 bits per heavy atom. The number of hydrogen-bond donors (Lipinski definition) is 3. The minimum Gasteiger partial charge on any atom is -0.497 e. The first kappa shape index (κ1) is 29.6. The SMILES string of the molecule is COc1ccc([C@@H](CNc2ncc3n(c2=O)[C@H](C(=O)NCc2ccc(N)nc2C)CC3)c2cc(C)cc(C)n2)c(OC)c1. The Hall–Kier alpha value is -4.93. The van der Waals surface area contributed by atoms with Crippen LogP contribution in [-0.2, 0) is 17.8 Å². The molecule has 1 amide bonds. The smallest absolute Gasteiger partial charge is 0.294 e. The van der Waals surface area contributed by atoms with Crippen LogP contribution in [0.2, 0.25) is 0 Å². The molecule has 1 aliphatic rings. The number of fused-ring (bicyclic) bond motifs is 1. The summed E-state index contributed by atoms with van der Waals surface area (Å²) in [5.74, 6) is 1.42. The number of carbonyl (C=O) groups excluding carboxylic acids is 1. The van der Waals surface area contributed by atoms with Crippen LogP contribution in [0.25, 0.3) is 0 Å². The van der Waals surface area contributed by atoms with Crippen molar-refractivity contribution in [2.45, 2.75) is 52.1 Å². The van der Waals surface area contributed by atoms with E-state index in [1.165, 1.54) is 0 Å². The average molecular weight is 584 g/mol. The van der Waals surface area contributed by atoms with Gasteiger partial charge in [-0.2, -0.15) is 0 Å². The lowest BCUT2D eigenvalue weighted by Crippen LogP contribution is -2.36. The van der Waals surface area contributed by atoms with Gasteiger partial charge in [0.1, 0.15) is 23.4 Å². The molecule has 0 aliphatic carbocycles. The summed E-state index contributed by atoms with van der Waals surface area (Å²) in [5, 5.41) is 6.23. The second-order valence-electron chi connectivity index (χ2n) is 10.8. The van der Waals surface area contributed by atoms with Gasteiger partial charge in [0.05, 0.1) is 19.9 Å². The van der Waals surface area contributed by atoms with Gasteiger partial charge in [-0.3, -0.25) is 19.1 Å². The molecule has 0 saturated heterocycles. The lowest BCUT2D eigenvalue weighted by atomic mass is 9.93. The van der Waals surface area contributed by atoms with Gasteiger partial charge in [0.15, 0.2) is 5.82 Å². The number of amides is 1. The number of anilines is 2. The normalized spacial score (nSPS) is 14.6. The first-order chi connectivity index (χ1) is 20.7. The highest BCUT2D eigenvalue weighted by Crippen LogP contribution is 2.34. The third kappa shape index (κ3) is 6.30. The second-order valence-corrected chi connectivity index (χ2v) is 10.8. The Bertz CT molecular complexity index is 1700. The fourth-order valence-electron chi connectivity index (χ4n) is 5.64. The quantitative estimate of drug-likeness (QED) is 0.255. The lowest BCUT2D eigenvalue weighted by molar-refractivity contribution is -0.124. The zero-order valence-corrected chi connectivity index (χ0v) is 25.1. The first-order valence-electron chi connectivity index (χ1n) is 14.2. The Balaban J connectivity index is 1.41. The predicted octanol–water partition coefficient (Wildman–Crippen LogP) is 3.61. The highest BCUT2D eigenvalue weighted by atomic mass is 16.5. The molecule has 1 aromatic carbocycles. The number of carbonyl (C=O) groups is 1. The van der Waals surface area contributed by atoms with Gasteiger partial charge in [0.25, 0.3) is 5.56 Å². The van der Waals surface area contributed by atoms with E-state index < -0.39 is 6.04 Å². The maximum absolute atomic E-state index is 13.7. The standard InChI is InChI=1S/C32H37N7O4/c1-18-12-19(2)37-26(13-18)25(24-9-8-23(42-4)14-28(24)43-5)17-35-30-32(41)39-22(16-34-30)7-10-27(39)31(40)36-15-21-6-11-29(33)38-20(21)3/h6,8-9,11-14,16,25,27H,7,10,15,17H2,1-5H3,(H2,33,38)(H,34,35)(H,36,40)/t25-,27+/m1/s1. The Labute approximate surface area is 250 Å². The maximum Gasteiger partial charge on any atom is 0.294 e. The van der Waals surface area contributed by atoms with E-state index in [-0.39, 0.29) is 23.2 Å². The molecule has 0 bridgehead atoms. The van der Waals surface area contributed by atoms with Crippen molar-refractivity contribution >= 4 is 17.5 Å². The molecule has 11 heteroatoms. The van der Waals surface area contributed by atoms with E-state index in [1.54, 1.807) is 31.0 Å². The van der Waals surface area contributed by atoms with E-state index in [2.05, 4.69) is 20.6 Å². The van der Waals surface area contributed by atoms with Crippen molar-refractivity contribution < 1.29 is 14.3 Å². The van der Waals surface area contributed by atoms with Crippen LogP contribution in [0.1, 0.15) is 57.8 Å². The number of nitrogens with one attached hydrogen (secondary N) is 2. The van der Waals surface area contributed by atoms with Gasteiger partial charge in [-0.25, -0.2) is 9.97 Å². The molecule has 43 heavy (non-hydrogen) atoms. The van der Waals surface area contributed by atoms with E-state index in [4.69, 9.17) is 20.2 Å². The van der Waals surface area contributed by atoms with Crippen molar-refractivity contribution in [2.75, 3.05) is 31.8 Å². The van der Waals surface area contributed by atoms with Gasteiger partial charge >= 0.3 is 0 Å². The summed E-state index contributed by atoms with van der Waals surface area (Å²) in [6, 6.07) is 12.6. The summed E-state index contributed by atoms with van der Waals surface area (Å²) in [6.07, 6.45) is 2.77. The van der Waals surface area contributed by atoms with Crippen molar-refractivity contribution in [3.8, 4) is 11.5 Å². The van der Waals surface area contributed by atoms with Crippen LogP contribution in [0.3, 0.4) is 0 Å². The number of nitrogens with two attached hydrogens (primary N) is 1. The number of ether oxygens (including phenoxy) is 2. The summed E-state index contributed by atoms with van der Waals surface area (Å²) in [6.45, 7) is 6.44. The number of nitrogens with zero attached hydrogens (tertiary/aromatic N) is 4. The van der Waals surface area contributed by atoms with Crippen LogP contribution in [0, 0.1) is 20.8 Å². The number of benzene rings is 1. The fraction of sp³-hybridized carbons (Fsp3) is 0.344. The summed E-state index contributed by atoms with van der Waals surface area (Å²) in [4.78, 5) is 40.5. The third-order valence-electron chi connectivity index (χ3n) is 7.80. The van der Waals surface area contributed by atoms with Crippen LogP contribution >= 0.6 is 0 Å². The van der Waals surface area contributed by atoms with Gasteiger partial charge in [-0.15, -0.1) is 0 Å². The van der Waals surface area contributed by atoms with Gasteiger partial charge in [-0.1, -0.05) is 12.1 Å². The molecule has 224 valence electrons. The molecule has 5 rings (SSSR count). The molecule has 4 aromatic rings. The van der Waals surface area contributed by atoms with E-state index in [9.17, 15) is 9.59 Å². The molecular formula is C32H37N7O4. The molecule has 0 unspecified atom stereocenters. The molecule has 0 spiro atoms. The van der Waals surface area contributed by atoms with Crippen molar-refractivity contribution in [3.05, 3.63) is 98.5 Å². The number of nitrogen functional groups attached to an aromatic ring is 1. The number of rotatable bonds is 10. The molecule has 1 aliphatic heterocycles. The van der Waals surface area contributed by atoms with Crippen LogP contribution in [0.15, 0.2) is 53.5 Å². The molecular weight excluding hydrogens is 546 g/mol. The average Bonchev–Trinajstić information content (AvgIpc) is 3.42. The van der Waals surface area contributed by atoms with Crippen molar-refractivity contribution in [1.82, 2.24) is 24.8 Å². The Morgan fingerprint density at radius 2 is 1.91 bits per heavy atom. The van der Waals surface area contributed by atoms with Crippen molar-refractivity contribution in [3.63, 3.8) is 0 Å². The molecule has 3 aromatic heterocycles. The van der Waals surface area contributed by atoms with Gasteiger partial charge in [0.2, 0.25) is 5.91 Å². The highest BCUT2D eigenvalue weighted by molar-refractivity contribution is 5.81. The number of aryl methyl sites for hydroxylation is 4. The number of methoxy groups -OCH3 is 2. The molecule has 0 radical (unpaired) electrons. The second kappa shape index (κ2) is 12.5. The number of hydrogen-bond acceptors (Lipinski definition) is 9. The summed E-state index contributed by atoms with van der Waals surface area (Å²) in [7, 11) is 3.22. The monoisotopic (exact) mass is 583 g/mol. The Morgan fingerprint density at radius 3 is 2.63 bits per heavy atom. The first-order valence-corrected chi connectivity index (χ1v) is 14.2. The highest BCUT2D eigenvalue weighted by Gasteiger charge is 2.31. The summed E-state index contributed by atoms with van der Waals surface area (Å²) < 4.78 is 12.7. The van der Waals surface area contributed by atoms with Crippen LogP contribution in [-0.4, -0.2) is 46.2 Å². The van der Waals surface area contributed by atoms with E-state index in [0.29, 0.717) is 43.2 Å². The van der Waals surface area contributed by atoms with Crippen LogP contribution < -0.4 is 31.4 Å². The largest absolute Gasteiger partial charge is 0.497 e. The summed E-state index contributed by atoms with van der Waals surface area (Å²) in [5.41, 5.74) is 11.4. The summed E-state index contributed by atoms with van der Waals surface area (Å²) >= 11 is 0. The molecule has 0 fully saturated rings. The molecule has 11 nitrogen and oxygen atoms in total. The molecule has 4 heterocycles. The van der Waals surface area contributed by atoms with E-state index in [0.717, 1.165) is 39.5 Å². The zero-order chi connectivity index (χ0) is 30.7. The Kier molecular flexibility index (Phi) is 8.61. The molecule has 0 saturated carbocycles. The topological polar surface area (TPSA) is 146 Å². The zero-order valence-electron chi connectivity index (χ0n) is 25.1. The molecule has 4 N–H and O–H groups in total. The minimum absolute atomic E-state index is 0.170. The van der Waals surface area contributed by atoms with Crippen molar-refractivity contribution in [1.29, 1.82) is 0 Å². The minimum atomic E-state index is -0.633. The van der Waals surface area contributed by atoms with Gasteiger partial charge in [0, 0.05) is 53.9 Å². The van der Waals surface area contributed by atoms with Gasteiger partial charge in [-0.05, 0) is 69.0 Å². The van der Waals surface area contributed by atoms with Crippen LogP contribution in [0.5, 0.6) is 11.5 Å². The number of aromatic nitrogens is 4. The number of pyridine rings is 2. The van der Waals surface area contributed by atoms with E-state index >= 15 is 0 Å². The fourth-order valence-corrected chi connectivity index (χ4v) is 5.64. The van der Waals surface area contributed by atoms with Crippen LogP contribution in [0.4, 0.5) is 11.6 Å². The third-order valence-corrected chi connectivity index (χ3v) is 7.80. The maximum atomic E-state index is 13.7.